The SMILES string of the molecule is O=C(Nc1c2c(cc3c1CCC3)CCC2)NS(=O)(=O)c1nccnc1C(F)F. The lowest BCUT2D eigenvalue weighted by Crippen LogP contribution is -2.36. The highest BCUT2D eigenvalue weighted by Gasteiger charge is 2.30. The first-order valence-corrected chi connectivity index (χ1v) is 10.4. The predicted molar refractivity (Wildman–Crippen MR) is 96.8 cm³/mol. The summed E-state index contributed by atoms with van der Waals surface area (Å²) in [5.74, 6) is 0. The van der Waals surface area contributed by atoms with E-state index in [1.54, 1.807) is 4.72 Å². The normalized spacial score (nSPS) is 15.4. The first-order valence-electron chi connectivity index (χ1n) is 8.96. The van der Waals surface area contributed by atoms with Gasteiger partial charge in [0.1, 0.15) is 5.69 Å². The fourth-order valence-electron chi connectivity index (χ4n) is 3.97. The Bertz CT molecular complexity index is 1020. The van der Waals surface area contributed by atoms with Gasteiger partial charge in [0.05, 0.1) is 0 Å². The lowest BCUT2D eigenvalue weighted by Gasteiger charge is -2.16. The number of hydrogen-bond donors (Lipinski definition) is 2. The number of rotatable bonds is 4. The molecule has 7 nitrogen and oxygen atoms in total. The smallest absolute Gasteiger partial charge is 0.307 e. The van der Waals surface area contributed by atoms with Crippen LogP contribution in [-0.4, -0.2) is 24.4 Å². The molecule has 2 amide bonds. The number of nitrogens with zero attached hydrogens (tertiary/aromatic N) is 2. The van der Waals surface area contributed by atoms with Crippen molar-refractivity contribution in [3.8, 4) is 0 Å². The van der Waals surface area contributed by atoms with Gasteiger partial charge in [-0.25, -0.2) is 23.3 Å². The monoisotopic (exact) mass is 408 g/mol. The third-order valence-electron chi connectivity index (χ3n) is 5.09. The molecule has 2 aliphatic rings. The predicted octanol–water partition coefficient (Wildman–Crippen LogP) is 2.90. The maximum absolute atomic E-state index is 13.0. The van der Waals surface area contributed by atoms with E-state index >= 15 is 0 Å². The molecule has 0 radical (unpaired) electrons. The Morgan fingerprint density at radius 2 is 1.61 bits per heavy atom. The van der Waals surface area contributed by atoms with Gasteiger partial charge in [-0.2, -0.15) is 8.42 Å². The molecule has 10 heteroatoms. The van der Waals surface area contributed by atoms with Crippen LogP contribution in [0.5, 0.6) is 0 Å². The minimum Gasteiger partial charge on any atom is -0.307 e. The fourth-order valence-corrected chi connectivity index (χ4v) is 4.98. The van der Waals surface area contributed by atoms with Crippen molar-refractivity contribution >= 4 is 21.7 Å². The van der Waals surface area contributed by atoms with Gasteiger partial charge in [-0.3, -0.25) is 4.98 Å². The molecule has 148 valence electrons. The van der Waals surface area contributed by atoms with E-state index in [-0.39, 0.29) is 0 Å². The zero-order valence-corrected chi connectivity index (χ0v) is 15.7. The summed E-state index contributed by atoms with van der Waals surface area (Å²) in [4.78, 5) is 19.3. The highest BCUT2D eigenvalue weighted by molar-refractivity contribution is 7.90. The number of benzene rings is 1. The summed E-state index contributed by atoms with van der Waals surface area (Å²) in [5.41, 5.74) is 4.06. The molecule has 0 spiro atoms. The quantitative estimate of drug-likeness (QED) is 0.810. The number of hydrogen-bond acceptors (Lipinski definition) is 5. The number of urea groups is 1. The maximum Gasteiger partial charge on any atom is 0.333 e. The van der Waals surface area contributed by atoms with Crippen LogP contribution >= 0.6 is 0 Å². The molecule has 0 aliphatic heterocycles. The number of nitrogens with one attached hydrogen (secondary N) is 2. The molecule has 1 aromatic carbocycles. The minimum atomic E-state index is -4.60. The van der Waals surface area contributed by atoms with Crippen LogP contribution in [0.15, 0.2) is 23.5 Å². The molecule has 28 heavy (non-hydrogen) atoms. The fraction of sp³-hybridized carbons (Fsp3) is 0.389. The van der Waals surface area contributed by atoms with Crippen molar-refractivity contribution in [1.82, 2.24) is 14.7 Å². The molecule has 0 saturated heterocycles. The molecule has 0 atom stereocenters. The summed E-state index contributed by atoms with van der Waals surface area (Å²) in [7, 11) is -4.60. The van der Waals surface area contributed by atoms with Crippen molar-refractivity contribution in [2.45, 2.75) is 50.0 Å². The number of halogens is 2. The van der Waals surface area contributed by atoms with Crippen LogP contribution in [0.25, 0.3) is 0 Å². The molecular formula is C18H18F2N4O3S. The maximum atomic E-state index is 13.0. The van der Waals surface area contributed by atoms with Crippen LogP contribution in [0.4, 0.5) is 19.3 Å². The second kappa shape index (κ2) is 7.08. The zero-order chi connectivity index (χ0) is 19.9. The number of carbonyl (C=O) groups excluding carboxylic acids is 1. The summed E-state index contributed by atoms with van der Waals surface area (Å²) in [6.07, 6.45) is 4.24. The van der Waals surface area contributed by atoms with Gasteiger partial charge in [0.25, 0.3) is 16.4 Å². The number of anilines is 1. The van der Waals surface area contributed by atoms with Gasteiger partial charge >= 0.3 is 6.03 Å². The average molecular weight is 408 g/mol. The van der Waals surface area contributed by atoms with Crippen LogP contribution in [0.2, 0.25) is 0 Å². The lowest BCUT2D eigenvalue weighted by molar-refractivity contribution is 0.141. The van der Waals surface area contributed by atoms with Gasteiger partial charge < -0.3 is 5.32 Å². The molecule has 0 fully saturated rings. The number of sulfonamides is 1. The number of aromatic nitrogens is 2. The van der Waals surface area contributed by atoms with Gasteiger partial charge in [-0.1, -0.05) is 6.07 Å². The Labute approximate surface area is 160 Å². The number of alkyl halides is 2. The van der Waals surface area contributed by atoms with E-state index in [0.717, 1.165) is 62.0 Å². The van der Waals surface area contributed by atoms with Crippen molar-refractivity contribution in [2.24, 2.45) is 0 Å². The highest BCUT2D eigenvalue weighted by Crippen LogP contribution is 2.38. The Balaban J connectivity index is 1.61. The Morgan fingerprint density at radius 3 is 2.21 bits per heavy atom. The van der Waals surface area contributed by atoms with E-state index in [9.17, 15) is 22.0 Å². The minimum absolute atomic E-state index is 0.656. The summed E-state index contributed by atoms with van der Waals surface area (Å²) in [6.45, 7) is 0. The van der Waals surface area contributed by atoms with E-state index in [2.05, 4.69) is 21.4 Å². The van der Waals surface area contributed by atoms with Gasteiger partial charge in [-0.05, 0) is 60.8 Å². The van der Waals surface area contributed by atoms with Crippen LogP contribution in [0.3, 0.4) is 0 Å². The third kappa shape index (κ3) is 3.32. The second-order valence-electron chi connectivity index (χ2n) is 6.84. The molecule has 2 aromatic rings. The van der Waals surface area contributed by atoms with Gasteiger partial charge in [0.2, 0.25) is 5.03 Å². The number of carbonyl (C=O) groups is 1. The van der Waals surface area contributed by atoms with Crippen molar-refractivity contribution < 1.29 is 22.0 Å². The number of aryl methyl sites for hydroxylation is 2. The van der Waals surface area contributed by atoms with Crippen LogP contribution in [0.1, 0.15) is 47.2 Å². The Morgan fingerprint density at radius 1 is 1.00 bits per heavy atom. The molecule has 0 unspecified atom stereocenters. The molecule has 0 bridgehead atoms. The highest BCUT2D eigenvalue weighted by atomic mass is 32.2. The number of fused-ring (bicyclic) bond motifs is 2. The van der Waals surface area contributed by atoms with Gasteiger partial charge in [0, 0.05) is 18.1 Å². The second-order valence-corrected chi connectivity index (χ2v) is 8.44. The van der Waals surface area contributed by atoms with Crippen molar-refractivity contribution in [1.29, 1.82) is 0 Å². The van der Waals surface area contributed by atoms with Gasteiger partial charge in [0.15, 0.2) is 0 Å². The summed E-state index contributed by atoms with van der Waals surface area (Å²) >= 11 is 0. The van der Waals surface area contributed by atoms with Crippen molar-refractivity contribution in [3.05, 3.63) is 46.4 Å². The Kier molecular flexibility index (Phi) is 4.74. The molecule has 0 saturated carbocycles. The zero-order valence-electron chi connectivity index (χ0n) is 14.8. The summed E-state index contributed by atoms with van der Waals surface area (Å²) in [5, 5.41) is 1.70. The van der Waals surface area contributed by atoms with Gasteiger partial charge in [-0.15, -0.1) is 0 Å². The molecule has 2 aliphatic carbocycles. The molecule has 1 heterocycles. The van der Waals surface area contributed by atoms with E-state index in [4.69, 9.17) is 0 Å². The molecule has 2 N–H and O–H groups in total. The standard InChI is InChI=1S/C18H18F2N4O3S/c19-16(20)15-17(22-8-7-21-15)28(26,27)24-18(25)23-14-12-5-1-3-10(12)9-11-4-2-6-13(11)14/h7-9,16H,1-6H2,(H2,23,24,25). The first-order chi connectivity index (χ1) is 13.4. The van der Waals surface area contributed by atoms with Crippen molar-refractivity contribution in [3.63, 3.8) is 0 Å². The topological polar surface area (TPSA) is 101 Å². The number of amides is 2. The molecule has 4 rings (SSSR count). The summed E-state index contributed by atoms with van der Waals surface area (Å²) < 4.78 is 52.7. The van der Waals surface area contributed by atoms with E-state index < -0.39 is 33.2 Å². The van der Waals surface area contributed by atoms with E-state index in [1.165, 1.54) is 11.1 Å². The average Bonchev–Trinajstić information content (AvgIpc) is 3.30. The molecular weight excluding hydrogens is 390 g/mol. The molecule has 1 aromatic heterocycles. The summed E-state index contributed by atoms with van der Waals surface area (Å²) in [6, 6.07) is 1.18. The first kappa shape index (κ1) is 18.7. The van der Waals surface area contributed by atoms with E-state index in [1.807, 2.05) is 0 Å². The van der Waals surface area contributed by atoms with Crippen LogP contribution in [0, 0.1) is 0 Å². The van der Waals surface area contributed by atoms with Crippen LogP contribution in [-0.2, 0) is 35.7 Å². The van der Waals surface area contributed by atoms with E-state index in [0.29, 0.717) is 5.69 Å². The largest absolute Gasteiger partial charge is 0.333 e. The van der Waals surface area contributed by atoms with Crippen LogP contribution < -0.4 is 10.0 Å². The Hall–Kier alpha value is -2.62. The third-order valence-corrected chi connectivity index (χ3v) is 6.37. The van der Waals surface area contributed by atoms with Crippen molar-refractivity contribution in [2.75, 3.05) is 5.32 Å². The lowest BCUT2D eigenvalue weighted by atomic mass is 9.99.